The van der Waals surface area contributed by atoms with E-state index in [1.165, 1.54) is 0 Å². The third-order valence-corrected chi connectivity index (χ3v) is 4.64. The lowest BCUT2D eigenvalue weighted by molar-refractivity contribution is 0.597. The first kappa shape index (κ1) is 14.8. The SMILES string of the molecule is CNCCCS(=O)(=O)Nc1ccc(Br)c(Cl)c1. The summed E-state index contributed by atoms with van der Waals surface area (Å²) in [6, 6.07) is 4.93. The molecule has 0 bridgehead atoms. The molecule has 1 aromatic rings. The molecule has 0 unspecified atom stereocenters. The van der Waals surface area contributed by atoms with E-state index in [0.29, 0.717) is 23.7 Å². The molecule has 96 valence electrons. The summed E-state index contributed by atoms with van der Waals surface area (Å²) in [5.74, 6) is 0.0848. The lowest BCUT2D eigenvalue weighted by Gasteiger charge is -2.08. The average molecular weight is 342 g/mol. The molecule has 0 aliphatic rings. The summed E-state index contributed by atoms with van der Waals surface area (Å²) in [4.78, 5) is 0. The fourth-order valence-corrected chi connectivity index (χ4v) is 2.77. The predicted molar refractivity (Wildman–Crippen MR) is 75.1 cm³/mol. The fourth-order valence-electron chi connectivity index (χ4n) is 1.23. The number of hydrogen-bond acceptors (Lipinski definition) is 3. The van der Waals surface area contributed by atoms with E-state index < -0.39 is 10.0 Å². The summed E-state index contributed by atoms with van der Waals surface area (Å²) in [5, 5.41) is 3.37. The molecule has 1 aromatic carbocycles. The summed E-state index contributed by atoms with van der Waals surface area (Å²) in [7, 11) is -1.51. The fraction of sp³-hybridized carbons (Fsp3) is 0.400. The Morgan fingerprint density at radius 3 is 2.71 bits per heavy atom. The minimum atomic E-state index is -3.30. The molecule has 0 amide bonds. The van der Waals surface area contributed by atoms with Crippen LogP contribution in [0.3, 0.4) is 0 Å². The maximum Gasteiger partial charge on any atom is 0.232 e. The molecule has 1 rings (SSSR count). The Bertz CT molecular complexity index is 479. The molecule has 0 aliphatic carbocycles. The van der Waals surface area contributed by atoms with Crippen LogP contribution in [-0.4, -0.2) is 27.8 Å². The number of sulfonamides is 1. The number of nitrogens with one attached hydrogen (secondary N) is 2. The quantitative estimate of drug-likeness (QED) is 0.781. The molecule has 7 heteroatoms. The lowest BCUT2D eigenvalue weighted by atomic mass is 10.3. The predicted octanol–water partition coefficient (Wildman–Crippen LogP) is 2.45. The Labute approximate surface area is 115 Å². The molecular formula is C10H14BrClN2O2S. The molecule has 2 N–H and O–H groups in total. The van der Waals surface area contributed by atoms with Crippen LogP contribution in [0.15, 0.2) is 22.7 Å². The van der Waals surface area contributed by atoms with Gasteiger partial charge in [0.1, 0.15) is 0 Å². The molecule has 0 aromatic heterocycles. The van der Waals surface area contributed by atoms with Gasteiger partial charge in [-0.3, -0.25) is 4.72 Å². The molecule has 4 nitrogen and oxygen atoms in total. The van der Waals surface area contributed by atoms with Crippen molar-refractivity contribution in [1.82, 2.24) is 5.32 Å². The summed E-state index contributed by atoms with van der Waals surface area (Å²) in [6.45, 7) is 0.669. The molecule has 0 radical (unpaired) electrons. The second-order valence-electron chi connectivity index (χ2n) is 3.51. The molecule has 0 heterocycles. The van der Waals surface area contributed by atoms with E-state index in [0.717, 1.165) is 4.47 Å². The first-order chi connectivity index (χ1) is 7.94. The van der Waals surface area contributed by atoms with Crippen LogP contribution < -0.4 is 10.0 Å². The second kappa shape index (κ2) is 6.58. The van der Waals surface area contributed by atoms with Gasteiger partial charge < -0.3 is 5.32 Å². The van der Waals surface area contributed by atoms with Crippen molar-refractivity contribution in [3.8, 4) is 0 Å². The zero-order chi connectivity index (χ0) is 12.9. The number of anilines is 1. The Morgan fingerprint density at radius 2 is 2.12 bits per heavy atom. The second-order valence-corrected chi connectivity index (χ2v) is 6.61. The number of benzene rings is 1. The highest BCUT2D eigenvalue weighted by molar-refractivity contribution is 9.10. The van der Waals surface area contributed by atoms with Crippen LogP contribution in [-0.2, 0) is 10.0 Å². The standard InChI is InChI=1S/C10H14BrClN2O2S/c1-13-5-2-6-17(15,16)14-8-3-4-9(11)10(12)7-8/h3-4,7,13-14H,2,5-6H2,1H3. The van der Waals surface area contributed by atoms with Crippen molar-refractivity contribution in [2.45, 2.75) is 6.42 Å². The third kappa shape index (κ3) is 5.25. The van der Waals surface area contributed by atoms with E-state index in [9.17, 15) is 8.42 Å². The number of hydrogen-bond donors (Lipinski definition) is 2. The van der Waals surface area contributed by atoms with Gasteiger partial charge >= 0.3 is 0 Å². The zero-order valence-corrected chi connectivity index (χ0v) is 12.5. The Morgan fingerprint density at radius 1 is 1.41 bits per heavy atom. The van der Waals surface area contributed by atoms with Crippen LogP contribution in [0, 0.1) is 0 Å². The van der Waals surface area contributed by atoms with E-state index in [-0.39, 0.29) is 5.75 Å². The highest BCUT2D eigenvalue weighted by atomic mass is 79.9. The van der Waals surface area contributed by atoms with Crippen LogP contribution in [0.1, 0.15) is 6.42 Å². The molecule has 0 fully saturated rings. The van der Waals surface area contributed by atoms with Gasteiger partial charge in [0.25, 0.3) is 0 Å². The number of halogens is 2. The van der Waals surface area contributed by atoms with E-state index in [1.807, 2.05) is 0 Å². The van der Waals surface area contributed by atoms with Crippen LogP contribution in [0.2, 0.25) is 5.02 Å². The van der Waals surface area contributed by atoms with Gasteiger partial charge in [-0.15, -0.1) is 0 Å². The van der Waals surface area contributed by atoms with Crippen molar-refractivity contribution in [1.29, 1.82) is 0 Å². The van der Waals surface area contributed by atoms with Gasteiger partial charge in [-0.05, 0) is 54.1 Å². The molecule has 17 heavy (non-hydrogen) atoms. The largest absolute Gasteiger partial charge is 0.320 e. The molecule has 0 saturated heterocycles. The van der Waals surface area contributed by atoms with Crippen molar-refractivity contribution in [3.05, 3.63) is 27.7 Å². The van der Waals surface area contributed by atoms with Gasteiger partial charge in [0.05, 0.1) is 16.5 Å². The summed E-state index contributed by atoms with van der Waals surface area (Å²) >= 11 is 9.12. The molecule has 0 spiro atoms. The Balaban J connectivity index is 2.66. The van der Waals surface area contributed by atoms with E-state index in [1.54, 1.807) is 25.2 Å². The van der Waals surface area contributed by atoms with Gasteiger partial charge in [0, 0.05) is 4.47 Å². The summed E-state index contributed by atoms with van der Waals surface area (Å²) in [6.07, 6.45) is 0.566. The Kier molecular flexibility index (Phi) is 5.72. The van der Waals surface area contributed by atoms with Gasteiger partial charge in [-0.2, -0.15) is 0 Å². The van der Waals surface area contributed by atoms with Crippen LogP contribution in [0.5, 0.6) is 0 Å². The smallest absolute Gasteiger partial charge is 0.232 e. The van der Waals surface area contributed by atoms with Gasteiger partial charge in [-0.25, -0.2) is 8.42 Å². The van der Waals surface area contributed by atoms with Crippen molar-refractivity contribution in [3.63, 3.8) is 0 Å². The maximum atomic E-state index is 11.7. The monoisotopic (exact) mass is 340 g/mol. The van der Waals surface area contributed by atoms with Gasteiger partial charge in [0.15, 0.2) is 0 Å². The maximum absolute atomic E-state index is 11.7. The van der Waals surface area contributed by atoms with Crippen molar-refractivity contribution in [2.24, 2.45) is 0 Å². The van der Waals surface area contributed by atoms with Gasteiger partial charge in [-0.1, -0.05) is 11.6 Å². The van der Waals surface area contributed by atoms with E-state index in [4.69, 9.17) is 11.6 Å². The van der Waals surface area contributed by atoms with Crippen molar-refractivity contribution >= 4 is 43.2 Å². The highest BCUT2D eigenvalue weighted by Gasteiger charge is 2.10. The molecule has 0 atom stereocenters. The minimum Gasteiger partial charge on any atom is -0.320 e. The average Bonchev–Trinajstić information content (AvgIpc) is 2.23. The van der Waals surface area contributed by atoms with Crippen LogP contribution >= 0.6 is 27.5 Å². The zero-order valence-electron chi connectivity index (χ0n) is 9.33. The number of rotatable bonds is 6. The van der Waals surface area contributed by atoms with E-state index >= 15 is 0 Å². The minimum absolute atomic E-state index is 0.0848. The van der Waals surface area contributed by atoms with E-state index in [2.05, 4.69) is 26.0 Å². The lowest BCUT2D eigenvalue weighted by Crippen LogP contribution is -2.20. The molecule has 0 saturated carbocycles. The first-order valence-electron chi connectivity index (χ1n) is 5.05. The van der Waals surface area contributed by atoms with Crippen LogP contribution in [0.4, 0.5) is 5.69 Å². The van der Waals surface area contributed by atoms with Gasteiger partial charge in [0.2, 0.25) is 10.0 Å². The third-order valence-electron chi connectivity index (χ3n) is 2.03. The van der Waals surface area contributed by atoms with Crippen molar-refractivity contribution < 1.29 is 8.42 Å². The highest BCUT2D eigenvalue weighted by Crippen LogP contribution is 2.25. The summed E-state index contributed by atoms with van der Waals surface area (Å²) < 4.78 is 26.6. The molecule has 0 aliphatic heterocycles. The topological polar surface area (TPSA) is 58.2 Å². The summed E-state index contributed by atoms with van der Waals surface area (Å²) in [5.41, 5.74) is 0.475. The van der Waals surface area contributed by atoms with Crippen molar-refractivity contribution in [2.75, 3.05) is 24.1 Å². The molecular weight excluding hydrogens is 328 g/mol. The first-order valence-corrected chi connectivity index (χ1v) is 7.87. The van der Waals surface area contributed by atoms with Crippen LogP contribution in [0.25, 0.3) is 0 Å². The normalized spacial score (nSPS) is 11.5. The Hall–Kier alpha value is -0.300.